The molecule has 0 radical (unpaired) electrons. The van der Waals surface area contributed by atoms with Crippen LogP contribution in [0.15, 0.2) is 0 Å². The van der Waals surface area contributed by atoms with Gasteiger partial charge in [-0.25, -0.2) is 0 Å². The predicted octanol–water partition coefficient (Wildman–Crippen LogP) is -1.33. The Kier molecular flexibility index (Phi) is 9.98. The van der Waals surface area contributed by atoms with Crippen molar-refractivity contribution in [1.82, 2.24) is 26.6 Å². The number of carbonyl (C=O) groups excluding carboxylic acids is 6. The molecular formula is C27H42N6O8. The number of hydrogen-bond acceptors (Lipinski definition) is 7. The Balaban J connectivity index is 1.53. The third-order valence-corrected chi connectivity index (χ3v) is 8.27. The molecule has 14 heteroatoms. The second kappa shape index (κ2) is 12.9. The molecule has 4 aliphatic rings. The molecule has 228 valence electrons. The number of rotatable bonds is 14. The van der Waals surface area contributed by atoms with Crippen LogP contribution in [0.4, 0.5) is 0 Å². The van der Waals surface area contributed by atoms with Gasteiger partial charge in [0.25, 0.3) is 0 Å². The third kappa shape index (κ3) is 8.40. The van der Waals surface area contributed by atoms with Gasteiger partial charge in [0, 0.05) is 12.5 Å². The largest absolute Gasteiger partial charge is 0.481 e. The molecule has 4 aliphatic carbocycles. The maximum Gasteiger partial charge on any atom is 0.305 e. The standard InChI is InChI=1S/C27H42N6O8/c1-14(2)4-18(24(40)33-27-9-16-5-17(10-27)8-26(7-16,13-27)25(28)41)32-21(36)12-29-20(35)11-30-23(39)19(6-22(37)38)31-15(3)34/h14,16-19H,4-13H2,1-3H3,(H2,28,41)(H,29,35)(H,30,39)(H,31,34)(H,32,36)(H,33,40)(H,37,38). The number of aliphatic carboxylic acids is 1. The quantitative estimate of drug-likeness (QED) is 0.130. The van der Waals surface area contributed by atoms with Gasteiger partial charge in [0.1, 0.15) is 12.1 Å². The minimum atomic E-state index is -1.36. The highest BCUT2D eigenvalue weighted by molar-refractivity contribution is 5.94. The van der Waals surface area contributed by atoms with E-state index in [-0.39, 0.29) is 17.7 Å². The Morgan fingerprint density at radius 3 is 2.00 bits per heavy atom. The lowest BCUT2D eigenvalue weighted by Gasteiger charge is -2.61. The average molecular weight is 579 g/mol. The summed E-state index contributed by atoms with van der Waals surface area (Å²) in [6.07, 6.45) is 4.32. The van der Waals surface area contributed by atoms with Crippen molar-refractivity contribution in [3.63, 3.8) is 0 Å². The van der Waals surface area contributed by atoms with E-state index in [1.807, 2.05) is 13.8 Å². The molecule has 0 spiro atoms. The minimum Gasteiger partial charge on any atom is -0.481 e. The van der Waals surface area contributed by atoms with Gasteiger partial charge in [-0.1, -0.05) is 13.8 Å². The molecule has 4 fully saturated rings. The van der Waals surface area contributed by atoms with Gasteiger partial charge in [-0.05, 0) is 62.7 Å². The van der Waals surface area contributed by atoms with Crippen LogP contribution in [0.3, 0.4) is 0 Å². The normalized spacial score (nSPS) is 27.3. The molecule has 4 rings (SSSR count). The lowest BCUT2D eigenvalue weighted by Crippen LogP contribution is -2.67. The van der Waals surface area contributed by atoms with Crippen molar-refractivity contribution in [3.05, 3.63) is 0 Å². The van der Waals surface area contributed by atoms with Crippen LogP contribution in [0.1, 0.15) is 72.1 Å². The molecule has 0 saturated heterocycles. The van der Waals surface area contributed by atoms with E-state index < -0.39 is 72.1 Å². The van der Waals surface area contributed by atoms with Crippen molar-refractivity contribution in [2.75, 3.05) is 13.1 Å². The first-order chi connectivity index (χ1) is 19.1. The summed E-state index contributed by atoms with van der Waals surface area (Å²) < 4.78 is 0. The van der Waals surface area contributed by atoms with Gasteiger partial charge in [0.2, 0.25) is 35.4 Å². The second-order valence-corrected chi connectivity index (χ2v) is 12.5. The molecule has 4 atom stereocenters. The molecular weight excluding hydrogens is 536 g/mol. The topological polar surface area (TPSA) is 226 Å². The van der Waals surface area contributed by atoms with E-state index in [9.17, 15) is 33.6 Å². The molecule has 0 heterocycles. The zero-order valence-corrected chi connectivity index (χ0v) is 23.8. The van der Waals surface area contributed by atoms with Crippen molar-refractivity contribution in [2.45, 2.75) is 89.8 Å². The molecule has 0 aromatic rings. The Labute approximate surface area is 238 Å². The summed E-state index contributed by atoms with van der Waals surface area (Å²) in [6, 6.07) is -2.21. The van der Waals surface area contributed by atoms with E-state index in [0.717, 1.165) is 39.0 Å². The van der Waals surface area contributed by atoms with Crippen LogP contribution in [-0.2, 0) is 33.6 Å². The molecule has 14 nitrogen and oxygen atoms in total. The van der Waals surface area contributed by atoms with E-state index in [1.165, 1.54) is 0 Å². The number of nitrogens with two attached hydrogens (primary N) is 1. The van der Waals surface area contributed by atoms with Gasteiger partial charge >= 0.3 is 5.97 Å². The zero-order chi connectivity index (χ0) is 30.5. The first kappa shape index (κ1) is 31.8. The van der Waals surface area contributed by atoms with Crippen LogP contribution in [-0.4, -0.2) is 77.2 Å². The highest BCUT2D eigenvalue weighted by Crippen LogP contribution is 2.61. The molecule has 8 N–H and O–H groups in total. The summed E-state index contributed by atoms with van der Waals surface area (Å²) in [5.41, 5.74) is 4.69. The SMILES string of the molecule is CC(=O)NC(CC(=O)O)C(=O)NCC(=O)NCC(=O)NC(CC(C)C)C(=O)NC12CC3CC(C1)CC(C(N)=O)(C3)C2. The molecule has 4 saturated carbocycles. The van der Waals surface area contributed by atoms with Crippen molar-refractivity contribution >= 4 is 41.4 Å². The molecule has 4 bridgehead atoms. The van der Waals surface area contributed by atoms with Gasteiger partial charge in [0.15, 0.2) is 0 Å². The van der Waals surface area contributed by atoms with Crippen LogP contribution < -0.4 is 32.3 Å². The fourth-order valence-electron chi connectivity index (χ4n) is 7.16. The summed E-state index contributed by atoms with van der Waals surface area (Å²) in [4.78, 5) is 85.0. The summed E-state index contributed by atoms with van der Waals surface area (Å²) in [5, 5.41) is 21.6. The van der Waals surface area contributed by atoms with Gasteiger partial charge in [0.05, 0.1) is 24.9 Å². The number of nitrogens with one attached hydrogen (secondary N) is 5. The van der Waals surface area contributed by atoms with Gasteiger partial charge in [-0.3, -0.25) is 33.6 Å². The van der Waals surface area contributed by atoms with E-state index in [1.54, 1.807) is 0 Å². The first-order valence-corrected chi connectivity index (χ1v) is 14.1. The van der Waals surface area contributed by atoms with Crippen LogP contribution >= 0.6 is 0 Å². The monoisotopic (exact) mass is 578 g/mol. The Morgan fingerprint density at radius 1 is 0.854 bits per heavy atom. The summed E-state index contributed by atoms with van der Waals surface area (Å²) in [7, 11) is 0. The van der Waals surface area contributed by atoms with Crippen molar-refractivity contribution in [2.24, 2.45) is 28.9 Å². The fourth-order valence-corrected chi connectivity index (χ4v) is 7.16. The number of carbonyl (C=O) groups is 7. The smallest absolute Gasteiger partial charge is 0.305 e. The van der Waals surface area contributed by atoms with Crippen molar-refractivity contribution in [3.8, 4) is 0 Å². The molecule has 41 heavy (non-hydrogen) atoms. The fraction of sp³-hybridized carbons (Fsp3) is 0.741. The van der Waals surface area contributed by atoms with Crippen LogP contribution in [0.5, 0.6) is 0 Å². The molecule has 0 aromatic heterocycles. The molecule has 6 amide bonds. The van der Waals surface area contributed by atoms with E-state index in [2.05, 4.69) is 26.6 Å². The van der Waals surface area contributed by atoms with Crippen LogP contribution in [0.25, 0.3) is 0 Å². The summed E-state index contributed by atoms with van der Waals surface area (Å²) in [6.45, 7) is 3.95. The van der Waals surface area contributed by atoms with Crippen LogP contribution in [0.2, 0.25) is 0 Å². The summed E-state index contributed by atoms with van der Waals surface area (Å²) >= 11 is 0. The lowest BCUT2D eigenvalue weighted by atomic mass is 9.46. The third-order valence-electron chi connectivity index (χ3n) is 8.27. The van der Waals surface area contributed by atoms with E-state index in [0.29, 0.717) is 24.7 Å². The Hall–Kier alpha value is -3.71. The minimum absolute atomic E-state index is 0.0755. The average Bonchev–Trinajstić information content (AvgIpc) is 2.83. The van der Waals surface area contributed by atoms with Crippen molar-refractivity contribution in [1.29, 1.82) is 0 Å². The highest BCUT2D eigenvalue weighted by Gasteiger charge is 2.60. The van der Waals surface area contributed by atoms with Crippen LogP contribution in [0, 0.1) is 23.2 Å². The summed E-state index contributed by atoms with van der Waals surface area (Å²) in [5.74, 6) is -4.02. The zero-order valence-electron chi connectivity index (χ0n) is 23.8. The molecule has 4 unspecified atom stereocenters. The van der Waals surface area contributed by atoms with Crippen molar-refractivity contribution < 1.29 is 38.7 Å². The van der Waals surface area contributed by atoms with Gasteiger partial charge in [-0.15, -0.1) is 0 Å². The lowest BCUT2D eigenvalue weighted by molar-refractivity contribution is -0.151. The number of carboxylic acids is 1. The first-order valence-electron chi connectivity index (χ1n) is 14.1. The molecule has 0 aliphatic heterocycles. The van der Waals surface area contributed by atoms with Gasteiger partial charge < -0.3 is 37.4 Å². The predicted molar refractivity (Wildman–Crippen MR) is 144 cm³/mol. The van der Waals surface area contributed by atoms with Gasteiger partial charge in [-0.2, -0.15) is 0 Å². The van der Waals surface area contributed by atoms with E-state index in [4.69, 9.17) is 10.8 Å². The number of amides is 6. The number of carboxylic acid groups (broad SMARTS) is 1. The number of hydrogen-bond donors (Lipinski definition) is 7. The van der Waals surface area contributed by atoms with E-state index >= 15 is 0 Å². The maximum atomic E-state index is 13.5. The highest BCUT2D eigenvalue weighted by atomic mass is 16.4. The Bertz CT molecular complexity index is 1060. The molecule has 0 aromatic carbocycles. The Morgan fingerprint density at radius 2 is 1.46 bits per heavy atom. The number of primary amides is 1. The maximum absolute atomic E-state index is 13.5. The second-order valence-electron chi connectivity index (χ2n) is 12.5.